The van der Waals surface area contributed by atoms with Crippen LogP contribution in [0.4, 0.5) is 8.78 Å². The normalized spacial score (nSPS) is 19.3. The van der Waals surface area contributed by atoms with Crippen LogP contribution in [-0.4, -0.2) is 30.6 Å². The van der Waals surface area contributed by atoms with Crippen LogP contribution in [0.3, 0.4) is 0 Å². The molecule has 0 bridgehead atoms. The molecule has 3 rings (SSSR count). The Balaban J connectivity index is 2.10. The van der Waals surface area contributed by atoms with Crippen LogP contribution in [-0.2, 0) is 4.79 Å². The summed E-state index contributed by atoms with van der Waals surface area (Å²) in [4.78, 5) is 15.6. The van der Waals surface area contributed by atoms with E-state index in [4.69, 9.17) is 10.5 Å². The van der Waals surface area contributed by atoms with Crippen molar-refractivity contribution in [1.29, 1.82) is 0 Å². The van der Waals surface area contributed by atoms with Crippen molar-refractivity contribution in [3.8, 4) is 5.75 Å². The summed E-state index contributed by atoms with van der Waals surface area (Å²) in [6.45, 7) is 0.821. The Kier molecular flexibility index (Phi) is 5.54. The number of dihydropyridines is 1. The average Bonchev–Trinajstić information content (AvgIpc) is 2.96. The molecule has 1 atom stereocenters. The van der Waals surface area contributed by atoms with E-state index in [1.165, 1.54) is 25.6 Å². The van der Waals surface area contributed by atoms with E-state index in [0.717, 1.165) is 18.5 Å². The summed E-state index contributed by atoms with van der Waals surface area (Å²) in [6, 6.07) is 0.986. The summed E-state index contributed by atoms with van der Waals surface area (Å²) in [7, 11) is 1.41. The average molecular weight is 374 g/mol. The molecular weight excluding hydrogens is 354 g/mol. The summed E-state index contributed by atoms with van der Waals surface area (Å²) in [5, 5.41) is 6.27. The van der Waals surface area contributed by atoms with Gasteiger partial charge in [0.2, 0.25) is 0 Å². The Morgan fingerprint density at radius 3 is 2.96 bits per heavy atom. The number of amides is 1. The van der Waals surface area contributed by atoms with Crippen molar-refractivity contribution in [3.63, 3.8) is 0 Å². The SMILES string of the molecule is COc1cnc(C(F)F)cc1C1=CC(C2=CCCNC=C2)NC=C1C(N)=O. The summed E-state index contributed by atoms with van der Waals surface area (Å²) in [6.07, 6.45) is 8.46. The number of nitrogens with zero attached hydrogens (tertiary/aromatic N) is 1. The molecule has 1 aromatic rings. The molecule has 4 N–H and O–H groups in total. The third-order valence-electron chi connectivity index (χ3n) is 4.34. The molecule has 0 aromatic carbocycles. The van der Waals surface area contributed by atoms with Gasteiger partial charge in [-0.1, -0.05) is 6.08 Å². The largest absolute Gasteiger partial charge is 0.494 e. The second kappa shape index (κ2) is 8.03. The number of pyridine rings is 1. The lowest BCUT2D eigenvalue weighted by molar-refractivity contribution is -0.114. The van der Waals surface area contributed by atoms with E-state index in [-0.39, 0.29) is 17.4 Å². The number of methoxy groups -OCH3 is 1. The van der Waals surface area contributed by atoms with Crippen LogP contribution in [0.1, 0.15) is 24.1 Å². The minimum Gasteiger partial charge on any atom is -0.494 e. The molecule has 142 valence electrons. The van der Waals surface area contributed by atoms with Crippen LogP contribution in [0, 0.1) is 0 Å². The van der Waals surface area contributed by atoms with E-state index in [0.29, 0.717) is 11.1 Å². The molecule has 1 aromatic heterocycles. The first-order chi connectivity index (χ1) is 13.0. The summed E-state index contributed by atoms with van der Waals surface area (Å²) in [5.41, 5.74) is 7.05. The predicted molar refractivity (Wildman–Crippen MR) is 97.8 cm³/mol. The lowest BCUT2D eigenvalue weighted by Crippen LogP contribution is -2.31. The van der Waals surface area contributed by atoms with Crippen molar-refractivity contribution in [2.75, 3.05) is 13.7 Å². The fourth-order valence-corrected chi connectivity index (χ4v) is 3.00. The van der Waals surface area contributed by atoms with Gasteiger partial charge in [0, 0.05) is 18.3 Å². The molecule has 0 spiro atoms. The van der Waals surface area contributed by atoms with Crippen molar-refractivity contribution in [3.05, 3.63) is 65.3 Å². The minimum atomic E-state index is -2.74. The van der Waals surface area contributed by atoms with E-state index < -0.39 is 18.0 Å². The molecule has 6 nitrogen and oxygen atoms in total. The Labute approximate surface area is 155 Å². The molecule has 0 saturated carbocycles. The molecular formula is C19H20F2N4O2. The topological polar surface area (TPSA) is 89.3 Å². The molecule has 0 aliphatic carbocycles. The molecule has 3 heterocycles. The van der Waals surface area contributed by atoms with Gasteiger partial charge >= 0.3 is 0 Å². The molecule has 2 aliphatic rings. The molecule has 0 radical (unpaired) electrons. The number of rotatable bonds is 5. The van der Waals surface area contributed by atoms with Crippen molar-refractivity contribution >= 4 is 11.5 Å². The lowest BCUT2D eigenvalue weighted by atomic mass is 9.90. The van der Waals surface area contributed by atoms with E-state index in [2.05, 4.69) is 21.7 Å². The van der Waals surface area contributed by atoms with Gasteiger partial charge in [-0.25, -0.2) is 8.78 Å². The molecule has 1 amide bonds. The van der Waals surface area contributed by atoms with Crippen LogP contribution >= 0.6 is 0 Å². The number of nitrogens with one attached hydrogen (secondary N) is 2. The molecule has 0 fully saturated rings. The maximum absolute atomic E-state index is 13.2. The Bertz CT molecular complexity index is 859. The Hall–Kier alpha value is -3.16. The highest BCUT2D eigenvalue weighted by atomic mass is 19.3. The van der Waals surface area contributed by atoms with Crippen molar-refractivity contribution in [2.24, 2.45) is 5.73 Å². The van der Waals surface area contributed by atoms with Gasteiger partial charge in [0.25, 0.3) is 12.3 Å². The van der Waals surface area contributed by atoms with E-state index >= 15 is 0 Å². The highest BCUT2D eigenvalue weighted by Crippen LogP contribution is 2.35. The van der Waals surface area contributed by atoms with Crippen molar-refractivity contribution < 1.29 is 18.3 Å². The summed E-state index contributed by atoms with van der Waals surface area (Å²) in [5.74, 6) is -0.387. The highest BCUT2D eigenvalue weighted by Gasteiger charge is 2.25. The second-order valence-corrected chi connectivity index (χ2v) is 6.04. The van der Waals surface area contributed by atoms with E-state index in [9.17, 15) is 13.6 Å². The van der Waals surface area contributed by atoms with Crippen LogP contribution in [0.15, 0.2) is 54.0 Å². The van der Waals surface area contributed by atoms with Gasteiger partial charge in [-0.3, -0.25) is 9.78 Å². The monoisotopic (exact) mass is 374 g/mol. The maximum atomic E-state index is 13.2. The number of alkyl halides is 2. The quantitative estimate of drug-likeness (QED) is 0.735. The van der Waals surface area contributed by atoms with Crippen LogP contribution < -0.4 is 21.1 Å². The molecule has 8 heteroatoms. The van der Waals surface area contributed by atoms with E-state index in [1.54, 1.807) is 6.08 Å². The zero-order chi connectivity index (χ0) is 19.4. The first-order valence-electron chi connectivity index (χ1n) is 8.42. The number of hydrogen-bond donors (Lipinski definition) is 3. The summed E-state index contributed by atoms with van der Waals surface area (Å²) >= 11 is 0. The van der Waals surface area contributed by atoms with Crippen LogP contribution in [0.5, 0.6) is 5.75 Å². The molecule has 1 unspecified atom stereocenters. The van der Waals surface area contributed by atoms with Crippen LogP contribution in [0.2, 0.25) is 0 Å². The maximum Gasteiger partial charge on any atom is 0.280 e. The van der Waals surface area contributed by atoms with Crippen molar-refractivity contribution in [2.45, 2.75) is 18.9 Å². The Morgan fingerprint density at radius 2 is 2.26 bits per heavy atom. The van der Waals surface area contributed by atoms with Crippen molar-refractivity contribution in [1.82, 2.24) is 15.6 Å². The van der Waals surface area contributed by atoms with Gasteiger partial charge in [-0.15, -0.1) is 0 Å². The number of carbonyl (C=O) groups excluding carboxylic acids is 1. The van der Waals surface area contributed by atoms with Gasteiger partial charge in [-0.2, -0.15) is 0 Å². The lowest BCUT2D eigenvalue weighted by Gasteiger charge is -2.24. The number of primary amides is 1. The highest BCUT2D eigenvalue weighted by molar-refractivity contribution is 6.09. The molecule has 27 heavy (non-hydrogen) atoms. The standard InChI is InChI=1S/C19H20F2N4O2/c1-27-17-10-25-16(18(20)21)8-13(17)12-7-15(24-9-14(12)19(22)26)11-3-2-5-23-6-4-11/h3-4,6-10,15,18,23-24H,2,5H2,1H3,(H2,22,26). The number of halogens is 2. The molecule has 0 saturated heterocycles. The third-order valence-corrected chi connectivity index (χ3v) is 4.34. The number of hydrogen-bond acceptors (Lipinski definition) is 5. The van der Waals surface area contributed by atoms with Gasteiger partial charge in [0.05, 0.1) is 24.9 Å². The summed E-state index contributed by atoms with van der Waals surface area (Å²) < 4.78 is 31.6. The molecule has 2 aliphatic heterocycles. The number of nitrogens with two attached hydrogens (primary N) is 1. The number of carbonyl (C=O) groups is 1. The van der Waals surface area contributed by atoms with E-state index in [1.807, 2.05) is 12.3 Å². The van der Waals surface area contributed by atoms with Crippen LogP contribution in [0.25, 0.3) is 5.57 Å². The third kappa shape index (κ3) is 3.99. The van der Waals surface area contributed by atoms with Gasteiger partial charge < -0.3 is 21.1 Å². The zero-order valence-corrected chi connectivity index (χ0v) is 14.7. The van der Waals surface area contributed by atoms with Gasteiger partial charge in [0.1, 0.15) is 11.4 Å². The first-order valence-corrected chi connectivity index (χ1v) is 8.42. The number of ether oxygens (including phenoxy) is 1. The smallest absolute Gasteiger partial charge is 0.280 e. The van der Waals surface area contributed by atoms with Gasteiger partial charge in [-0.05, 0) is 42.0 Å². The second-order valence-electron chi connectivity index (χ2n) is 6.04. The predicted octanol–water partition coefficient (Wildman–Crippen LogP) is 2.19. The minimum absolute atomic E-state index is 0.187. The fourth-order valence-electron chi connectivity index (χ4n) is 3.00. The van der Waals surface area contributed by atoms with Gasteiger partial charge in [0.15, 0.2) is 0 Å². The fraction of sp³-hybridized carbons (Fsp3) is 0.263. The number of aromatic nitrogens is 1. The first kappa shape index (κ1) is 18.6. The Morgan fingerprint density at radius 1 is 1.44 bits per heavy atom. The zero-order valence-electron chi connectivity index (χ0n) is 14.7.